The maximum absolute atomic E-state index is 13.8. The molecule has 0 unspecified atom stereocenters. The molecule has 6 nitrogen and oxygen atoms in total. The summed E-state index contributed by atoms with van der Waals surface area (Å²) in [6.07, 6.45) is 1.42. The molecule has 1 aliphatic heterocycles. The van der Waals surface area contributed by atoms with Crippen LogP contribution in [-0.4, -0.2) is 34.9 Å². The van der Waals surface area contributed by atoms with Gasteiger partial charge in [-0.1, -0.05) is 6.07 Å². The average Bonchev–Trinajstić information content (AvgIpc) is 3.01. The van der Waals surface area contributed by atoms with E-state index in [0.29, 0.717) is 31.3 Å². The first kappa shape index (κ1) is 12.6. The molecule has 7 heteroatoms. The van der Waals surface area contributed by atoms with Gasteiger partial charge in [-0.2, -0.15) is 10.4 Å². The number of H-pyrrole nitrogens is 1. The van der Waals surface area contributed by atoms with E-state index in [9.17, 15) is 4.39 Å². The second-order valence-electron chi connectivity index (χ2n) is 4.40. The molecule has 0 bridgehead atoms. The monoisotopic (exact) mass is 273 g/mol. The fourth-order valence-electron chi connectivity index (χ4n) is 2.36. The summed E-state index contributed by atoms with van der Waals surface area (Å²) in [6, 6.07) is 6.33. The van der Waals surface area contributed by atoms with Gasteiger partial charge in [0.2, 0.25) is 0 Å². The first-order valence-electron chi connectivity index (χ1n) is 6.19. The molecule has 1 atom stereocenters. The highest BCUT2D eigenvalue weighted by molar-refractivity contribution is 5.61. The first-order valence-corrected chi connectivity index (χ1v) is 6.19. The van der Waals surface area contributed by atoms with E-state index in [1.54, 1.807) is 12.1 Å². The summed E-state index contributed by atoms with van der Waals surface area (Å²) in [7, 11) is 0. The third-order valence-electron chi connectivity index (χ3n) is 3.29. The van der Waals surface area contributed by atoms with Gasteiger partial charge in [-0.3, -0.25) is 5.10 Å². The minimum Gasteiger partial charge on any atom is -0.377 e. The van der Waals surface area contributed by atoms with Gasteiger partial charge in [0.15, 0.2) is 0 Å². The number of nitrogens with zero attached hydrogens (tertiary/aromatic N) is 4. The Morgan fingerprint density at radius 2 is 2.40 bits per heavy atom. The zero-order valence-corrected chi connectivity index (χ0v) is 10.6. The van der Waals surface area contributed by atoms with Gasteiger partial charge >= 0.3 is 0 Å². The number of morpholine rings is 1. The normalized spacial score (nSPS) is 18.8. The lowest BCUT2D eigenvalue weighted by molar-refractivity contribution is 0.0918. The number of anilines is 1. The van der Waals surface area contributed by atoms with Crippen molar-refractivity contribution in [2.24, 2.45) is 0 Å². The van der Waals surface area contributed by atoms with Crippen molar-refractivity contribution in [1.29, 1.82) is 5.26 Å². The smallest absolute Gasteiger partial charge is 0.149 e. The fraction of sp³-hybridized carbons (Fsp3) is 0.308. The summed E-state index contributed by atoms with van der Waals surface area (Å²) in [6.45, 7) is 1.49. The van der Waals surface area contributed by atoms with Crippen molar-refractivity contribution >= 4 is 5.69 Å². The molecule has 0 aliphatic carbocycles. The third kappa shape index (κ3) is 2.10. The number of benzene rings is 1. The lowest BCUT2D eigenvalue weighted by Gasteiger charge is -2.36. The van der Waals surface area contributed by atoms with Crippen LogP contribution in [-0.2, 0) is 4.74 Å². The minimum atomic E-state index is -0.521. The topological polar surface area (TPSA) is 77.8 Å². The molecular weight excluding hydrogens is 261 g/mol. The van der Waals surface area contributed by atoms with Crippen molar-refractivity contribution in [3.8, 4) is 6.07 Å². The Bertz CT molecular complexity index is 637. The van der Waals surface area contributed by atoms with Crippen LogP contribution in [0.1, 0.15) is 17.4 Å². The van der Waals surface area contributed by atoms with Crippen LogP contribution < -0.4 is 4.90 Å². The van der Waals surface area contributed by atoms with E-state index in [2.05, 4.69) is 15.2 Å². The summed E-state index contributed by atoms with van der Waals surface area (Å²) < 4.78 is 19.2. The van der Waals surface area contributed by atoms with Crippen LogP contribution in [0.4, 0.5) is 10.1 Å². The van der Waals surface area contributed by atoms with E-state index in [1.165, 1.54) is 12.4 Å². The minimum absolute atomic E-state index is 0.0407. The molecule has 20 heavy (non-hydrogen) atoms. The van der Waals surface area contributed by atoms with Crippen molar-refractivity contribution in [2.75, 3.05) is 24.7 Å². The van der Waals surface area contributed by atoms with Crippen LogP contribution in [0.2, 0.25) is 0 Å². The first-order chi connectivity index (χ1) is 9.81. The zero-order valence-electron chi connectivity index (χ0n) is 10.6. The molecule has 3 rings (SSSR count). The Hall–Kier alpha value is -2.46. The highest BCUT2D eigenvalue weighted by Crippen LogP contribution is 2.31. The number of nitrogens with one attached hydrogen (secondary N) is 1. The molecule has 1 N–H and O–H groups in total. The molecule has 1 fully saturated rings. The van der Waals surface area contributed by atoms with Crippen LogP contribution in [0, 0.1) is 17.1 Å². The predicted molar refractivity (Wildman–Crippen MR) is 68.4 cm³/mol. The summed E-state index contributed by atoms with van der Waals surface area (Å²) in [4.78, 5) is 6.05. The molecule has 0 spiro atoms. The van der Waals surface area contributed by atoms with Crippen LogP contribution in [0.3, 0.4) is 0 Å². The molecule has 2 aromatic rings. The maximum atomic E-state index is 13.8. The van der Waals surface area contributed by atoms with Crippen LogP contribution >= 0.6 is 0 Å². The molecular formula is C13H12FN5O. The maximum Gasteiger partial charge on any atom is 0.149 e. The van der Waals surface area contributed by atoms with E-state index in [-0.39, 0.29) is 11.6 Å². The SMILES string of the molecule is N#Cc1c(F)cccc1N1CCOC[C@H]1c1ncn[nH]1. The molecule has 1 aromatic heterocycles. The zero-order chi connectivity index (χ0) is 13.9. The van der Waals surface area contributed by atoms with Gasteiger partial charge in [-0.05, 0) is 12.1 Å². The van der Waals surface area contributed by atoms with Crippen LogP contribution in [0.25, 0.3) is 0 Å². The number of hydrogen-bond donors (Lipinski definition) is 1. The predicted octanol–water partition coefficient (Wildman–Crippen LogP) is 1.39. The number of rotatable bonds is 2. The van der Waals surface area contributed by atoms with Gasteiger partial charge in [0.25, 0.3) is 0 Å². The van der Waals surface area contributed by atoms with Gasteiger partial charge in [0.1, 0.15) is 35.6 Å². The molecule has 1 aliphatic rings. The van der Waals surface area contributed by atoms with Crippen molar-refractivity contribution in [3.05, 3.63) is 41.7 Å². The Balaban J connectivity index is 2.03. The lowest BCUT2D eigenvalue weighted by atomic mass is 10.1. The van der Waals surface area contributed by atoms with Gasteiger partial charge < -0.3 is 9.64 Å². The number of nitriles is 1. The van der Waals surface area contributed by atoms with E-state index in [4.69, 9.17) is 10.00 Å². The van der Waals surface area contributed by atoms with Gasteiger partial charge in [-0.15, -0.1) is 0 Å². The van der Waals surface area contributed by atoms with Crippen molar-refractivity contribution in [3.63, 3.8) is 0 Å². The van der Waals surface area contributed by atoms with Gasteiger partial charge in [-0.25, -0.2) is 9.37 Å². The third-order valence-corrected chi connectivity index (χ3v) is 3.29. The summed E-state index contributed by atoms with van der Waals surface area (Å²) in [5.41, 5.74) is 0.594. The summed E-state index contributed by atoms with van der Waals surface area (Å²) in [5, 5.41) is 15.8. The molecule has 1 saturated heterocycles. The lowest BCUT2D eigenvalue weighted by Crippen LogP contribution is -2.40. The van der Waals surface area contributed by atoms with Crippen LogP contribution in [0.5, 0.6) is 0 Å². The molecule has 102 valence electrons. The van der Waals surface area contributed by atoms with E-state index >= 15 is 0 Å². The molecule has 0 saturated carbocycles. The van der Waals surface area contributed by atoms with E-state index in [1.807, 2.05) is 11.0 Å². The molecule has 0 radical (unpaired) electrons. The number of hydrogen-bond acceptors (Lipinski definition) is 5. The van der Waals surface area contributed by atoms with E-state index < -0.39 is 5.82 Å². The molecule has 2 heterocycles. The second-order valence-corrected chi connectivity index (χ2v) is 4.40. The molecule has 1 aromatic carbocycles. The summed E-state index contributed by atoms with van der Waals surface area (Å²) >= 11 is 0. The number of ether oxygens (including phenoxy) is 1. The largest absolute Gasteiger partial charge is 0.377 e. The number of halogens is 1. The Morgan fingerprint density at radius 1 is 1.50 bits per heavy atom. The fourth-order valence-corrected chi connectivity index (χ4v) is 2.36. The quantitative estimate of drug-likeness (QED) is 0.894. The van der Waals surface area contributed by atoms with Crippen molar-refractivity contribution < 1.29 is 9.13 Å². The second kappa shape index (κ2) is 5.27. The molecule has 0 amide bonds. The van der Waals surface area contributed by atoms with Crippen molar-refractivity contribution in [1.82, 2.24) is 15.2 Å². The Labute approximate surface area is 114 Å². The Morgan fingerprint density at radius 3 is 3.15 bits per heavy atom. The highest BCUT2D eigenvalue weighted by atomic mass is 19.1. The average molecular weight is 273 g/mol. The summed E-state index contributed by atoms with van der Waals surface area (Å²) in [5.74, 6) is 0.116. The van der Waals surface area contributed by atoms with E-state index in [0.717, 1.165) is 0 Å². The standard InChI is InChI=1S/C13H12FN5O/c14-10-2-1-3-11(9(10)6-15)19-4-5-20-7-12(19)13-16-8-17-18-13/h1-3,8,12H,4-5,7H2,(H,16,17,18)/t12-/m0/s1. The van der Waals surface area contributed by atoms with Crippen LogP contribution in [0.15, 0.2) is 24.5 Å². The van der Waals surface area contributed by atoms with Crippen molar-refractivity contribution in [2.45, 2.75) is 6.04 Å². The van der Waals surface area contributed by atoms with Gasteiger partial charge in [0, 0.05) is 6.54 Å². The number of aromatic amines is 1. The Kier molecular flexibility index (Phi) is 3.31. The number of aromatic nitrogens is 3. The van der Waals surface area contributed by atoms with Gasteiger partial charge in [0.05, 0.1) is 18.9 Å². The highest BCUT2D eigenvalue weighted by Gasteiger charge is 2.29.